The summed E-state index contributed by atoms with van der Waals surface area (Å²) < 4.78 is 16.6. The molecule has 3 rings (SSSR count). The number of benzene rings is 1. The molecule has 0 atom stereocenters. The molecule has 0 fully saturated rings. The van der Waals surface area contributed by atoms with Gasteiger partial charge in [0.05, 0.1) is 0 Å². The second-order valence-corrected chi connectivity index (χ2v) is 8.58. The molecule has 1 aromatic carbocycles. The highest BCUT2D eigenvalue weighted by atomic mass is 19.1. The van der Waals surface area contributed by atoms with Crippen molar-refractivity contribution in [2.75, 3.05) is 11.4 Å². The molecule has 0 aliphatic heterocycles. The quantitative estimate of drug-likeness (QED) is 0.505. The molecular formula is C24H32FN5O3. The number of amides is 1. The number of nitrogens with zero attached hydrogens (tertiary/aromatic N) is 4. The molecule has 0 radical (unpaired) electrons. The van der Waals surface area contributed by atoms with Gasteiger partial charge in [-0.25, -0.2) is 14.2 Å². The minimum Gasteiger partial charge on any atom is -0.322 e. The Morgan fingerprint density at radius 3 is 2.45 bits per heavy atom. The van der Waals surface area contributed by atoms with E-state index in [2.05, 4.69) is 9.97 Å². The zero-order valence-electron chi connectivity index (χ0n) is 19.7. The number of aromatic nitrogens is 4. The van der Waals surface area contributed by atoms with Gasteiger partial charge in [0.15, 0.2) is 11.2 Å². The maximum atomic E-state index is 13.3. The van der Waals surface area contributed by atoms with Crippen LogP contribution in [0.5, 0.6) is 0 Å². The maximum Gasteiger partial charge on any atom is 0.330 e. The topological polar surface area (TPSA) is 93.0 Å². The lowest BCUT2D eigenvalue weighted by molar-refractivity contribution is -0.118. The number of H-pyrrole nitrogens is 1. The summed E-state index contributed by atoms with van der Waals surface area (Å²) in [4.78, 5) is 46.8. The van der Waals surface area contributed by atoms with E-state index in [4.69, 9.17) is 0 Å². The van der Waals surface area contributed by atoms with Crippen molar-refractivity contribution in [3.05, 3.63) is 56.7 Å². The Hall–Kier alpha value is -3.23. The zero-order valence-corrected chi connectivity index (χ0v) is 19.7. The van der Waals surface area contributed by atoms with E-state index < -0.39 is 11.2 Å². The molecule has 8 nitrogen and oxygen atoms in total. The number of unbranched alkanes of at least 4 members (excludes halogenated alkanes) is 1. The van der Waals surface area contributed by atoms with Gasteiger partial charge >= 0.3 is 5.69 Å². The normalized spacial score (nSPS) is 11.5. The van der Waals surface area contributed by atoms with Crippen molar-refractivity contribution in [3.63, 3.8) is 0 Å². The molecule has 0 bridgehead atoms. The van der Waals surface area contributed by atoms with Crippen molar-refractivity contribution in [3.8, 4) is 0 Å². The molecule has 2 aromatic heterocycles. The van der Waals surface area contributed by atoms with Crippen LogP contribution in [0.4, 0.5) is 10.1 Å². The minimum atomic E-state index is -0.466. The smallest absolute Gasteiger partial charge is 0.322 e. The molecule has 0 spiro atoms. The summed E-state index contributed by atoms with van der Waals surface area (Å²) in [6, 6.07) is 5.82. The first-order valence-corrected chi connectivity index (χ1v) is 11.5. The molecule has 0 unspecified atom stereocenters. The van der Waals surface area contributed by atoms with Crippen molar-refractivity contribution in [2.24, 2.45) is 5.92 Å². The van der Waals surface area contributed by atoms with Crippen LogP contribution in [-0.2, 0) is 24.3 Å². The van der Waals surface area contributed by atoms with E-state index in [-0.39, 0.29) is 24.1 Å². The first-order chi connectivity index (χ1) is 15.8. The average Bonchev–Trinajstić information content (AvgIpc) is 3.11. The van der Waals surface area contributed by atoms with Crippen LogP contribution in [-0.4, -0.2) is 31.6 Å². The Labute approximate surface area is 192 Å². The minimum absolute atomic E-state index is 0.121. The molecule has 33 heavy (non-hydrogen) atoms. The monoisotopic (exact) mass is 457 g/mol. The number of anilines is 1. The lowest BCUT2D eigenvalue weighted by Crippen LogP contribution is -2.31. The van der Waals surface area contributed by atoms with E-state index in [9.17, 15) is 18.8 Å². The Balaban J connectivity index is 1.96. The molecule has 3 aromatic rings. The zero-order chi connectivity index (χ0) is 24.1. The molecule has 0 saturated carbocycles. The van der Waals surface area contributed by atoms with Gasteiger partial charge < -0.3 is 9.47 Å². The number of carbonyl (C=O) groups excluding carboxylic acids is 1. The number of carbonyl (C=O) groups is 1. The summed E-state index contributed by atoms with van der Waals surface area (Å²) in [5.41, 5.74) is 0.435. The van der Waals surface area contributed by atoms with Crippen LogP contribution in [0, 0.1) is 11.7 Å². The number of hydrogen-bond donors (Lipinski definition) is 1. The van der Waals surface area contributed by atoms with Crippen LogP contribution in [0.25, 0.3) is 11.2 Å². The van der Waals surface area contributed by atoms with Gasteiger partial charge in [0, 0.05) is 38.2 Å². The predicted octanol–water partition coefficient (Wildman–Crippen LogP) is 3.47. The third-order valence-electron chi connectivity index (χ3n) is 5.57. The van der Waals surface area contributed by atoms with Crippen LogP contribution in [0.15, 0.2) is 33.9 Å². The van der Waals surface area contributed by atoms with Crippen molar-refractivity contribution in [1.82, 2.24) is 19.1 Å². The van der Waals surface area contributed by atoms with Gasteiger partial charge in [-0.05, 0) is 43.5 Å². The number of hydrogen-bond acceptors (Lipinski definition) is 4. The van der Waals surface area contributed by atoms with Crippen LogP contribution in [0.2, 0.25) is 0 Å². The number of nitrogens with one attached hydrogen (secondary N) is 1. The van der Waals surface area contributed by atoms with Gasteiger partial charge in [0.2, 0.25) is 5.91 Å². The van der Waals surface area contributed by atoms with Gasteiger partial charge in [-0.15, -0.1) is 0 Å². The second-order valence-electron chi connectivity index (χ2n) is 8.58. The Morgan fingerprint density at radius 2 is 1.85 bits per heavy atom. The summed E-state index contributed by atoms with van der Waals surface area (Å²) >= 11 is 0. The summed E-state index contributed by atoms with van der Waals surface area (Å²) in [6.45, 7) is 9.43. The van der Waals surface area contributed by atoms with Crippen molar-refractivity contribution in [2.45, 2.75) is 66.5 Å². The molecule has 2 heterocycles. The van der Waals surface area contributed by atoms with E-state index in [0.717, 1.165) is 12.8 Å². The fourth-order valence-electron chi connectivity index (χ4n) is 3.97. The van der Waals surface area contributed by atoms with Crippen LogP contribution >= 0.6 is 0 Å². The number of aromatic amines is 1. The van der Waals surface area contributed by atoms with Crippen molar-refractivity contribution < 1.29 is 9.18 Å². The lowest BCUT2D eigenvalue weighted by Gasteiger charge is -2.21. The van der Waals surface area contributed by atoms with Crippen molar-refractivity contribution in [1.29, 1.82) is 0 Å². The summed E-state index contributed by atoms with van der Waals surface area (Å²) in [7, 11) is 0. The van der Waals surface area contributed by atoms with Gasteiger partial charge in [0.25, 0.3) is 5.56 Å². The highest BCUT2D eigenvalue weighted by molar-refractivity contribution is 5.93. The van der Waals surface area contributed by atoms with Crippen LogP contribution in [0.1, 0.15) is 52.8 Å². The standard InChI is InChI=1S/C24H32FN5O3/c1-5-7-14-29-22-21(23(32)27-24(29)33)30(15-16(3)4)19(26-22)12-13-20(31)28(6-2)18-10-8-17(25)9-11-18/h8-11,16H,5-7,12-15H2,1-4H3,(H,27,32,33). The molecule has 0 saturated heterocycles. The van der Waals surface area contributed by atoms with E-state index >= 15 is 0 Å². The van der Waals surface area contributed by atoms with Gasteiger partial charge in [-0.3, -0.25) is 19.1 Å². The molecular weight excluding hydrogens is 425 g/mol. The Bertz CT molecular complexity index is 1220. The van der Waals surface area contributed by atoms with Gasteiger partial charge in [-0.1, -0.05) is 27.2 Å². The molecule has 178 valence electrons. The number of halogens is 1. The van der Waals surface area contributed by atoms with E-state index in [1.165, 1.54) is 16.7 Å². The predicted molar refractivity (Wildman–Crippen MR) is 127 cm³/mol. The number of fused-ring (bicyclic) bond motifs is 1. The summed E-state index contributed by atoms with van der Waals surface area (Å²) in [5.74, 6) is 0.357. The fraction of sp³-hybridized carbons (Fsp3) is 0.500. The van der Waals surface area contributed by atoms with E-state index in [1.807, 2.05) is 32.3 Å². The Morgan fingerprint density at radius 1 is 1.15 bits per heavy atom. The SMILES string of the molecule is CCCCn1c(=O)[nH]c(=O)c2c1nc(CCC(=O)N(CC)c1ccc(F)cc1)n2CC(C)C. The van der Waals surface area contributed by atoms with Gasteiger partial charge in [0.1, 0.15) is 11.6 Å². The van der Waals surface area contributed by atoms with Gasteiger partial charge in [-0.2, -0.15) is 0 Å². The highest BCUT2D eigenvalue weighted by Crippen LogP contribution is 2.19. The molecule has 9 heteroatoms. The lowest BCUT2D eigenvalue weighted by atomic mass is 10.2. The average molecular weight is 458 g/mol. The fourth-order valence-corrected chi connectivity index (χ4v) is 3.97. The number of imidazole rings is 1. The van der Waals surface area contributed by atoms with E-state index in [1.54, 1.807) is 17.0 Å². The molecule has 1 N–H and O–H groups in total. The van der Waals surface area contributed by atoms with E-state index in [0.29, 0.717) is 48.7 Å². The molecule has 1 amide bonds. The second kappa shape index (κ2) is 10.6. The molecule has 0 aliphatic rings. The van der Waals surface area contributed by atoms with Crippen LogP contribution < -0.4 is 16.1 Å². The summed E-state index contributed by atoms with van der Waals surface area (Å²) in [5, 5.41) is 0. The van der Waals surface area contributed by atoms with Crippen LogP contribution in [0.3, 0.4) is 0 Å². The first kappa shape index (κ1) is 24.4. The summed E-state index contributed by atoms with van der Waals surface area (Å²) in [6.07, 6.45) is 2.18. The van der Waals surface area contributed by atoms with Crippen molar-refractivity contribution >= 4 is 22.8 Å². The maximum absolute atomic E-state index is 13.3. The Kier molecular flexibility index (Phi) is 7.84. The number of rotatable bonds is 10. The third-order valence-corrected chi connectivity index (χ3v) is 5.57. The first-order valence-electron chi connectivity index (χ1n) is 11.5. The third kappa shape index (κ3) is 5.40. The highest BCUT2D eigenvalue weighted by Gasteiger charge is 2.21. The number of aryl methyl sites for hydroxylation is 2. The molecule has 0 aliphatic carbocycles. The largest absolute Gasteiger partial charge is 0.330 e.